The van der Waals surface area contributed by atoms with Gasteiger partial charge in [0.15, 0.2) is 12.0 Å². The Hall–Kier alpha value is -3.40. The first kappa shape index (κ1) is 36.4. The van der Waals surface area contributed by atoms with Gasteiger partial charge >= 0.3 is 24.5 Å². The van der Waals surface area contributed by atoms with Crippen molar-refractivity contribution in [2.45, 2.75) is 44.0 Å². The van der Waals surface area contributed by atoms with E-state index < -0.39 is 35.6 Å². The van der Waals surface area contributed by atoms with Crippen LogP contribution in [0.25, 0.3) is 0 Å². The van der Waals surface area contributed by atoms with E-state index in [1.165, 1.54) is 35.2 Å². The van der Waals surface area contributed by atoms with E-state index in [0.717, 1.165) is 30.5 Å². The third kappa shape index (κ3) is 10.5. The number of hydrogen-bond donors (Lipinski definition) is 1. The van der Waals surface area contributed by atoms with Gasteiger partial charge in [0.2, 0.25) is 0 Å². The number of halogens is 5. The first-order valence-corrected chi connectivity index (χ1v) is 16.1. The maximum Gasteiger partial charge on any atom is 0.416 e. The SMILES string of the molecule is CN(CC1CN(CC[C@H](CNCC(=O)c2cc(Br)cc(C(F)(F)F)c2)c2ccc(F)cc2)C1)C(=O)C(=O)OC1CCCCN1OC=O. The molecule has 2 aromatic carbocycles. The minimum absolute atomic E-state index is 0.0660. The number of benzene rings is 2. The number of nitrogens with one attached hydrogen (secondary N) is 1. The van der Waals surface area contributed by atoms with Crippen molar-refractivity contribution < 1.29 is 46.3 Å². The average molecular weight is 730 g/mol. The maximum atomic E-state index is 13.6. The number of ketones is 1. The van der Waals surface area contributed by atoms with Crippen LogP contribution in [0.15, 0.2) is 46.9 Å². The molecule has 0 radical (unpaired) electrons. The number of Topliss-reactive ketones (excluding diaryl/α,β-unsaturated/α-hetero) is 1. The van der Waals surface area contributed by atoms with Gasteiger partial charge in [-0.1, -0.05) is 28.1 Å². The second-order valence-corrected chi connectivity index (χ2v) is 12.7. The lowest BCUT2D eigenvalue weighted by atomic mass is 9.93. The van der Waals surface area contributed by atoms with Crippen LogP contribution in [0.2, 0.25) is 0 Å². The molecular formula is C32H37BrF4N4O6. The standard InChI is InChI=1S/C32H37BrF4N4O6/c1-39(30(44)31(45)47-29-4-2-3-10-41(29)46-20-42)17-21-18-40(19-21)11-9-23(22-5-7-27(34)8-6-22)15-38-16-28(43)24-12-25(32(35,36)37)14-26(33)13-24/h5-8,12-14,20-21,23,29,38H,2-4,9-11,15-19H2,1H3/t23-,29?/m1/s1. The monoisotopic (exact) mass is 728 g/mol. The predicted octanol–water partition coefficient (Wildman–Crippen LogP) is 4.39. The number of alkyl halides is 3. The van der Waals surface area contributed by atoms with Gasteiger partial charge in [-0.3, -0.25) is 14.4 Å². The van der Waals surface area contributed by atoms with Crippen molar-refractivity contribution in [2.24, 2.45) is 5.92 Å². The van der Waals surface area contributed by atoms with Gasteiger partial charge in [-0.25, -0.2) is 9.18 Å². The van der Waals surface area contributed by atoms with Crippen LogP contribution in [-0.2, 0) is 30.1 Å². The highest BCUT2D eigenvalue weighted by molar-refractivity contribution is 9.10. The number of rotatable bonds is 14. The molecule has 2 aliphatic rings. The third-order valence-electron chi connectivity index (χ3n) is 8.27. The molecule has 1 unspecified atom stereocenters. The van der Waals surface area contributed by atoms with Crippen molar-refractivity contribution in [3.05, 3.63) is 69.4 Å². The Morgan fingerprint density at radius 2 is 1.85 bits per heavy atom. The summed E-state index contributed by atoms with van der Waals surface area (Å²) in [5, 5.41) is 4.31. The van der Waals surface area contributed by atoms with Gasteiger partial charge in [-0.2, -0.15) is 13.2 Å². The van der Waals surface area contributed by atoms with E-state index in [1.807, 2.05) is 0 Å². The summed E-state index contributed by atoms with van der Waals surface area (Å²) >= 11 is 3.04. The number of hydroxylamine groups is 2. The Balaban J connectivity index is 1.24. The van der Waals surface area contributed by atoms with Crippen molar-refractivity contribution in [1.29, 1.82) is 0 Å². The van der Waals surface area contributed by atoms with E-state index in [4.69, 9.17) is 9.57 Å². The summed E-state index contributed by atoms with van der Waals surface area (Å²) in [5.74, 6) is -2.65. The van der Waals surface area contributed by atoms with Gasteiger partial charge in [0, 0.05) is 62.1 Å². The van der Waals surface area contributed by atoms with Crippen molar-refractivity contribution >= 4 is 40.1 Å². The van der Waals surface area contributed by atoms with E-state index in [9.17, 15) is 36.7 Å². The Morgan fingerprint density at radius 1 is 1.13 bits per heavy atom. The fraction of sp³-hybridized carbons (Fsp3) is 0.500. The van der Waals surface area contributed by atoms with Gasteiger partial charge < -0.3 is 24.7 Å². The van der Waals surface area contributed by atoms with Crippen LogP contribution >= 0.6 is 15.9 Å². The number of hydrogen-bond acceptors (Lipinski definition) is 9. The fourth-order valence-electron chi connectivity index (χ4n) is 5.78. The summed E-state index contributed by atoms with van der Waals surface area (Å²) in [6.45, 7) is 3.21. The molecule has 2 heterocycles. The van der Waals surface area contributed by atoms with Crippen LogP contribution in [-0.4, -0.2) is 98.1 Å². The predicted molar refractivity (Wildman–Crippen MR) is 165 cm³/mol. The van der Waals surface area contributed by atoms with Gasteiger partial charge in [-0.05, 0) is 67.6 Å². The lowest BCUT2D eigenvalue weighted by Crippen LogP contribution is -2.53. The van der Waals surface area contributed by atoms with Crippen molar-refractivity contribution in [2.75, 3.05) is 52.9 Å². The zero-order chi connectivity index (χ0) is 34.1. The first-order chi connectivity index (χ1) is 22.3. The van der Waals surface area contributed by atoms with Crippen LogP contribution in [0.1, 0.15) is 53.1 Å². The number of amides is 1. The summed E-state index contributed by atoms with van der Waals surface area (Å²) in [6, 6.07) is 9.14. The fourth-order valence-corrected chi connectivity index (χ4v) is 6.27. The molecule has 10 nitrogen and oxygen atoms in total. The molecule has 0 bridgehead atoms. The zero-order valence-corrected chi connectivity index (χ0v) is 27.4. The normalized spacial score (nSPS) is 18.2. The van der Waals surface area contributed by atoms with Crippen LogP contribution in [0.5, 0.6) is 0 Å². The minimum Gasteiger partial charge on any atom is -0.436 e. The molecule has 0 aliphatic carbocycles. The summed E-state index contributed by atoms with van der Waals surface area (Å²) in [5.41, 5.74) is -0.132. The minimum atomic E-state index is -4.59. The summed E-state index contributed by atoms with van der Waals surface area (Å²) in [4.78, 5) is 56.9. The van der Waals surface area contributed by atoms with E-state index in [1.54, 1.807) is 12.1 Å². The molecular weight excluding hydrogens is 692 g/mol. The first-order valence-electron chi connectivity index (χ1n) is 15.3. The molecule has 256 valence electrons. The van der Waals surface area contributed by atoms with Crippen LogP contribution < -0.4 is 5.32 Å². The van der Waals surface area contributed by atoms with Crippen LogP contribution in [0.4, 0.5) is 17.6 Å². The molecule has 2 aromatic rings. The lowest BCUT2D eigenvalue weighted by molar-refractivity contribution is -0.240. The van der Waals surface area contributed by atoms with E-state index in [-0.39, 0.29) is 40.7 Å². The number of likely N-dealkylation sites (tertiary alicyclic amines) is 1. The number of piperidine rings is 1. The second-order valence-electron chi connectivity index (χ2n) is 11.8. The highest BCUT2D eigenvalue weighted by Crippen LogP contribution is 2.32. The lowest BCUT2D eigenvalue weighted by Gasteiger charge is -2.41. The molecule has 1 N–H and O–H groups in total. The quantitative estimate of drug-likeness (QED) is 0.0997. The number of carbonyl (C=O) groups excluding carboxylic acids is 4. The largest absolute Gasteiger partial charge is 0.436 e. The third-order valence-corrected chi connectivity index (χ3v) is 8.72. The van der Waals surface area contributed by atoms with E-state index in [2.05, 4.69) is 26.1 Å². The summed E-state index contributed by atoms with van der Waals surface area (Å²) in [6.07, 6.45) is -2.74. The molecule has 0 aromatic heterocycles. The molecule has 47 heavy (non-hydrogen) atoms. The van der Waals surface area contributed by atoms with Crippen LogP contribution in [0, 0.1) is 11.7 Å². The number of ether oxygens (including phenoxy) is 1. The van der Waals surface area contributed by atoms with Gasteiger partial charge in [0.1, 0.15) is 5.82 Å². The molecule has 0 saturated carbocycles. The molecule has 2 fully saturated rings. The van der Waals surface area contributed by atoms with E-state index >= 15 is 0 Å². The van der Waals surface area contributed by atoms with Gasteiger partial charge in [-0.15, -0.1) is 5.06 Å². The van der Waals surface area contributed by atoms with Crippen molar-refractivity contribution in [3.63, 3.8) is 0 Å². The highest BCUT2D eigenvalue weighted by atomic mass is 79.9. The Bertz CT molecular complexity index is 1410. The Morgan fingerprint density at radius 3 is 2.53 bits per heavy atom. The molecule has 2 atom stereocenters. The van der Waals surface area contributed by atoms with Crippen molar-refractivity contribution in [1.82, 2.24) is 20.2 Å². The smallest absolute Gasteiger partial charge is 0.416 e. The van der Waals surface area contributed by atoms with Gasteiger partial charge in [0.05, 0.1) is 12.1 Å². The molecule has 2 saturated heterocycles. The summed E-state index contributed by atoms with van der Waals surface area (Å²) in [7, 11) is 1.53. The average Bonchev–Trinajstić information content (AvgIpc) is 3.01. The molecule has 2 aliphatic heterocycles. The van der Waals surface area contributed by atoms with E-state index in [0.29, 0.717) is 52.1 Å². The Kier molecular flexibility index (Phi) is 12.9. The van der Waals surface area contributed by atoms with Crippen LogP contribution in [0.3, 0.4) is 0 Å². The molecule has 4 rings (SSSR count). The topological polar surface area (TPSA) is 108 Å². The maximum absolute atomic E-state index is 13.6. The number of esters is 1. The number of carbonyl (C=O) groups is 4. The number of nitrogens with zero attached hydrogens (tertiary/aromatic N) is 3. The molecule has 1 amide bonds. The zero-order valence-electron chi connectivity index (χ0n) is 25.8. The van der Waals surface area contributed by atoms with Crippen molar-refractivity contribution in [3.8, 4) is 0 Å². The highest BCUT2D eigenvalue weighted by Gasteiger charge is 2.34. The molecule has 0 spiro atoms. The summed E-state index contributed by atoms with van der Waals surface area (Å²) < 4.78 is 58.7. The number of likely N-dealkylation sites (N-methyl/N-ethyl adjacent to an activating group) is 1. The second kappa shape index (κ2) is 16.6. The molecule has 15 heteroatoms. The Labute approximate surface area is 278 Å². The van der Waals surface area contributed by atoms with Gasteiger partial charge in [0.25, 0.3) is 0 Å².